The Morgan fingerprint density at radius 3 is 2.39 bits per heavy atom. The van der Waals surface area contributed by atoms with Gasteiger partial charge in [0.2, 0.25) is 5.91 Å². The minimum absolute atomic E-state index is 0.0285. The number of rotatable bonds is 10. The molecule has 1 fully saturated rings. The lowest BCUT2D eigenvalue weighted by Gasteiger charge is -2.38. The number of nitrogens with one attached hydrogen (secondary N) is 1. The number of fused-ring (bicyclic) bond motifs is 2. The van der Waals surface area contributed by atoms with Crippen LogP contribution in [-0.2, 0) is 35.1 Å². The number of piperazine rings is 1. The molecule has 5 aromatic rings. The number of Topliss-reactive ketones (excluding diaryl/α,β-unsaturated/α-hetero) is 1. The van der Waals surface area contributed by atoms with E-state index in [-0.39, 0.29) is 73.6 Å². The number of aliphatic hydroxyl groups excluding tert-OH is 2. The molecule has 5 heterocycles. The first-order chi connectivity index (χ1) is 36.2. The van der Waals surface area contributed by atoms with Gasteiger partial charge in [0.15, 0.2) is 22.3 Å². The largest absolute Gasteiger partial charge is 0.505 e. The average Bonchev–Trinajstić information content (AvgIpc) is 4.10. The molecule has 20 heteroatoms. The summed E-state index contributed by atoms with van der Waals surface area (Å²) < 4.78 is 38.7. The predicted molar refractivity (Wildman–Crippen MR) is 282 cm³/mol. The van der Waals surface area contributed by atoms with E-state index in [1.807, 2.05) is 4.90 Å². The van der Waals surface area contributed by atoms with E-state index in [0.717, 1.165) is 26.1 Å². The Hall–Kier alpha value is -7.13. The van der Waals surface area contributed by atoms with Crippen LogP contribution in [0.25, 0.3) is 33.0 Å². The molecular weight excluding hydrogens is 981 g/mol. The molecule has 3 aliphatic rings. The summed E-state index contributed by atoms with van der Waals surface area (Å²) in [4.78, 5) is 82.1. The van der Waals surface area contributed by atoms with Crippen LogP contribution < -0.4 is 20.2 Å². The number of unbranched alkanes of at least 4 members (excludes halogenated alkanes) is 1. The van der Waals surface area contributed by atoms with Crippen molar-refractivity contribution in [1.82, 2.24) is 24.3 Å². The molecule has 20 nitrogen and oxygen atoms in total. The van der Waals surface area contributed by atoms with Crippen LogP contribution in [0.1, 0.15) is 77.2 Å². The number of nitrogens with zero attached hydrogens (tertiary/aromatic N) is 5. The molecule has 0 saturated carbocycles. The average molecular weight is 1050 g/mol. The van der Waals surface area contributed by atoms with Crippen LogP contribution >= 0.6 is 0 Å². The van der Waals surface area contributed by atoms with Gasteiger partial charge in [-0.1, -0.05) is 52.0 Å². The van der Waals surface area contributed by atoms with Crippen molar-refractivity contribution < 1.29 is 62.6 Å². The van der Waals surface area contributed by atoms with Crippen molar-refractivity contribution in [2.24, 2.45) is 23.7 Å². The third-order valence-electron chi connectivity index (χ3n) is 15.1. The SMILES string of the molecule is CO[C@H]1/C=C/O[C@@]2(C)Oc3c(C)c(=O)c4c(O)c(c5oc6cccc(OCCCCN7CCN(C(=O)Cn8ccnc8)CC7)c6nc5c4c3C2=O)NC(=O)/C(C)=C\C=C\[C@H](C)[C@H](O)[C@@H](C)[C@@H](O)[C@@H](C)[C@H](OC(C)=O)[C@@H]1C. The number of hydrogen-bond acceptors (Lipinski definition) is 17. The fourth-order valence-corrected chi connectivity index (χ4v) is 10.4. The van der Waals surface area contributed by atoms with Gasteiger partial charge in [-0.15, -0.1) is 0 Å². The highest BCUT2D eigenvalue weighted by molar-refractivity contribution is 6.26. The number of ether oxygens (including phenoxy) is 5. The zero-order chi connectivity index (χ0) is 54.7. The predicted octanol–water partition coefficient (Wildman–Crippen LogP) is 6.20. The Morgan fingerprint density at radius 2 is 1.70 bits per heavy atom. The van der Waals surface area contributed by atoms with Crippen molar-refractivity contribution in [2.45, 2.75) is 105 Å². The number of ketones is 1. The first-order valence-corrected chi connectivity index (χ1v) is 25.7. The first kappa shape index (κ1) is 55.1. The number of imidazole rings is 1. The topological polar surface area (TPSA) is 255 Å². The van der Waals surface area contributed by atoms with Gasteiger partial charge < -0.3 is 58.2 Å². The first-order valence-electron chi connectivity index (χ1n) is 25.7. The van der Waals surface area contributed by atoms with Crippen molar-refractivity contribution in [3.05, 3.63) is 94.4 Å². The number of benzene rings is 3. The fraction of sp³-hybridized carbons (Fsp3) is 0.482. The molecule has 9 atom stereocenters. The molecule has 3 aliphatic heterocycles. The van der Waals surface area contributed by atoms with Gasteiger partial charge in [0.25, 0.3) is 11.7 Å². The zero-order valence-electron chi connectivity index (χ0n) is 44.4. The van der Waals surface area contributed by atoms with Gasteiger partial charge in [0.05, 0.1) is 48.5 Å². The smallest absolute Gasteiger partial charge is 0.312 e. The Balaban J connectivity index is 1.15. The molecule has 0 spiro atoms. The number of hydrogen-bond donors (Lipinski definition) is 4. The van der Waals surface area contributed by atoms with Crippen molar-refractivity contribution in [3.63, 3.8) is 0 Å². The van der Waals surface area contributed by atoms with Crippen LogP contribution in [0, 0.1) is 30.6 Å². The van der Waals surface area contributed by atoms with Crippen LogP contribution in [0.4, 0.5) is 5.69 Å². The molecular formula is C56H68N6O14. The maximum Gasteiger partial charge on any atom is 0.312 e. The molecule has 0 radical (unpaired) electrons. The number of esters is 1. The molecule has 0 unspecified atom stereocenters. The molecule has 4 N–H and O–H groups in total. The van der Waals surface area contributed by atoms with E-state index in [4.69, 9.17) is 33.1 Å². The normalized spacial score (nSPS) is 27.5. The monoisotopic (exact) mass is 1050 g/mol. The number of methoxy groups -OCH3 is 1. The minimum Gasteiger partial charge on any atom is -0.505 e. The van der Waals surface area contributed by atoms with Gasteiger partial charge in [-0.3, -0.25) is 28.9 Å². The Bertz CT molecular complexity index is 3160. The summed E-state index contributed by atoms with van der Waals surface area (Å²) in [5.41, 5.74) is -0.765. The summed E-state index contributed by atoms with van der Waals surface area (Å²) in [6.45, 7) is 16.7. The van der Waals surface area contributed by atoms with Gasteiger partial charge in [-0.25, -0.2) is 9.97 Å². The number of anilines is 1. The molecule has 76 heavy (non-hydrogen) atoms. The summed E-state index contributed by atoms with van der Waals surface area (Å²) >= 11 is 0. The van der Waals surface area contributed by atoms with E-state index >= 15 is 0 Å². The number of allylic oxidation sites excluding steroid dienone is 2. The Labute approximate surface area is 439 Å². The number of para-hydroxylation sites is 1. The number of aliphatic hydroxyl groups is 2. The van der Waals surface area contributed by atoms with Crippen molar-refractivity contribution in [2.75, 3.05) is 51.8 Å². The number of amides is 2. The molecule has 0 aliphatic carbocycles. The lowest BCUT2D eigenvalue weighted by Crippen LogP contribution is -2.49. The maximum absolute atomic E-state index is 15.0. The van der Waals surface area contributed by atoms with Crippen LogP contribution in [0.3, 0.4) is 0 Å². The molecule has 406 valence electrons. The highest BCUT2D eigenvalue weighted by Crippen LogP contribution is 2.49. The van der Waals surface area contributed by atoms with E-state index in [9.17, 15) is 39.3 Å². The second-order valence-electron chi connectivity index (χ2n) is 20.3. The number of carbonyl (C=O) groups excluding carboxylic acids is 4. The summed E-state index contributed by atoms with van der Waals surface area (Å²) in [5.74, 6) is -7.05. The van der Waals surface area contributed by atoms with Crippen molar-refractivity contribution in [1.29, 1.82) is 0 Å². The standard InChI is InChI=1S/C56H68N6O14/c1-30-14-12-15-31(2)55(70)59-46-50(68)42-41(45-53(46)75-39-17-13-16-38(44(39)58-45)72-26-11-10-20-60-22-24-62(25-23-60)40(64)28-61-21-19-57-29-61)43-52(35(6)49(42)67)76-56(8,54(43)69)73-27-18-37(71-9)32(3)51(74-36(7)63)34(5)48(66)33(4)47(30)65/h12-19,21,27,29-30,32-34,37,47-48,51,65-66,68H,10-11,20,22-26,28H2,1-9H3,(H,59,70)/b14-12+,27-18+,31-15-/t30-,32+,33+,34+,37-,47-,48+,51+,56-/m0/s1. The number of aromatic nitrogens is 3. The summed E-state index contributed by atoms with van der Waals surface area (Å²) in [6, 6.07) is 5.07. The molecule has 2 aromatic heterocycles. The highest BCUT2D eigenvalue weighted by Gasteiger charge is 2.50. The number of aromatic hydroxyl groups is 1. The Kier molecular flexibility index (Phi) is 16.7. The number of phenolic OH excluding ortho intramolecular Hbond substituents is 1. The Morgan fingerprint density at radius 1 is 0.947 bits per heavy atom. The van der Waals surface area contributed by atoms with Crippen molar-refractivity contribution >= 4 is 62.2 Å². The lowest BCUT2D eigenvalue weighted by atomic mass is 9.78. The molecule has 2 amide bonds. The molecule has 4 bridgehead atoms. The van der Waals surface area contributed by atoms with Gasteiger partial charge >= 0.3 is 11.8 Å². The minimum atomic E-state index is -2.08. The van der Waals surface area contributed by atoms with Crippen LogP contribution in [0.5, 0.6) is 17.2 Å². The van der Waals surface area contributed by atoms with E-state index in [1.54, 1.807) is 81.3 Å². The number of carbonyl (C=O) groups is 4. The molecule has 3 aromatic carbocycles. The maximum atomic E-state index is 15.0. The summed E-state index contributed by atoms with van der Waals surface area (Å²) in [5, 5.41) is 37.6. The van der Waals surface area contributed by atoms with E-state index < -0.39 is 82.7 Å². The third-order valence-corrected chi connectivity index (χ3v) is 15.1. The fourth-order valence-electron chi connectivity index (χ4n) is 10.4. The summed E-state index contributed by atoms with van der Waals surface area (Å²) in [7, 11) is 1.44. The second kappa shape index (κ2) is 23.0. The zero-order valence-corrected chi connectivity index (χ0v) is 44.4. The van der Waals surface area contributed by atoms with Gasteiger partial charge in [0.1, 0.15) is 40.9 Å². The summed E-state index contributed by atoms with van der Waals surface area (Å²) in [6.07, 6.45) is 10.1. The van der Waals surface area contributed by atoms with Gasteiger partial charge in [-0.05, 0) is 51.4 Å². The quantitative estimate of drug-likeness (QED) is 0.0399. The van der Waals surface area contributed by atoms with Crippen LogP contribution in [0.15, 0.2) is 82.3 Å². The van der Waals surface area contributed by atoms with Gasteiger partial charge in [-0.2, -0.15) is 0 Å². The highest BCUT2D eigenvalue weighted by atomic mass is 16.7. The van der Waals surface area contributed by atoms with E-state index in [2.05, 4.69) is 15.2 Å². The van der Waals surface area contributed by atoms with E-state index in [0.29, 0.717) is 31.9 Å². The van der Waals surface area contributed by atoms with Crippen molar-refractivity contribution in [3.8, 4) is 17.2 Å². The van der Waals surface area contributed by atoms with Crippen LogP contribution in [0.2, 0.25) is 0 Å². The number of phenols is 1. The third kappa shape index (κ3) is 11.1. The van der Waals surface area contributed by atoms with Gasteiger partial charge in [0, 0.05) is 99.7 Å². The molecule has 8 rings (SSSR count). The lowest BCUT2D eigenvalue weighted by molar-refractivity contribution is -0.160. The molecule has 1 saturated heterocycles. The van der Waals surface area contributed by atoms with E-state index in [1.165, 1.54) is 53.2 Å². The second-order valence-corrected chi connectivity index (χ2v) is 20.3. The van der Waals surface area contributed by atoms with Crippen LogP contribution in [-0.4, -0.2) is 140 Å².